The van der Waals surface area contributed by atoms with Gasteiger partial charge in [0.05, 0.1) is 11.6 Å². The van der Waals surface area contributed by atoms with Crippen molar-refractivity contribution in [3.63, 3.8) is 0 Å². The van der Waals surface area contributed by atoms with Gasteiger partial charge in [-0.05, 0) is 45.4 Å². The zero-order valence-electron chi connectivity index (χ0n) is 13.1. The van der Waals surface area contributed by atoms with E-state index in [1.165, 1.54) is 0 Å². The van der Waals surface area contributed by atoms with E-state index in [1.54, 1.807) is 45.0 Å². The number of alkyl carbamates (subject to hydrolysis) is 1. The highest BCUT2D eigenvalue weighted by molar-refractivity contribution is 5.90. The lowest BCUT2D eigenvalue weighted by atomic mass is 10.2. The largest absolute Gasteiger partial charge is 0.444 e. The highest BCUT2D eigenvalue weighted by Crippen LogP contribution is 2.10. The first kappa shape index (κ1) is 17.5. The van der Waals surface area contributed by atoms with Gasteiger partial charge in [0.15, 0.2) is 0 Å². The maximum atomic E-state index is 11.7. The van der Waals surface area contributed by atoms with Crippen LogP contribution in [0.4, 0.5) is 10.5 Å². The van der Waals surface area contributed by atoms with E-state index in [2.05, 4.69) is 10.6 Å². The average Bonchev–Trinajstić information content (AvgIpc) is 2.42. The number of ether oxygens (including phenoxy) is 1. The monoisotopic (exact) mass is 303 g/mol. The van der Waals surface area contributed by atoms with Crippen LogP contribution in [0.1, 0.15) is 39.2 Å². The maximum absolute atomic E-state index is 11.7. The van der Waals surface area contributed by atoms with E-state index in [-0.39, 0.29) is 12.3 Å². The van der Waals surface area contributed by atoms with Crippen LogP contribution in [0.25, 0.3) is 0 Å². The Morgan fingerprint density at radius 3 is 2.68 bits per heavy atom. The second kappa shape index (κ2) is 8.03. The van der Waals surface area contributed by atoms with E-state index in [9.17, 15) is 9.59 Å². The van der Waals surface area contributed by atoms with Crippen LogP contribution >= 0.6 is 0 Å². The molecule has 2 amide bonds. The van der Waals surface area contributed by atoms with E-state index in [1.807, 2.05) is 6.07 Å². The molecule has 0 spiro atoms. The average molecular weight is 303 g/mol. The molecule has 0 bridgehead atoms. The molecule has 1 aromatic rings. The summed E-state index contributed by atoms with van der Waals surface area (Å²) in [7, 11) is 0. The molecule has 0 aliphatic heterocycles. The van der Waals surface area contributed by atoms with Crippen LogP contribution in [0.5, 0.6) is 0 Å². The fourth-order valence-electron chi connectivity index (χ4n) is 1.64. The van der Waals surface area contributed by atoms with E-state index >= 15 is 0 Å². The molecule has 2 N–H and O–H groups in total. The number of carbonyl (C=O) groups excluding carboxylic acids is 2. The molecule has 0 aliphatic rings. The van der Waals surface area contributed by atoms with Gasteiger partial charge >= 0.3 is 6.09 Å². The molecule has 6 nitrogen and oxygen atoms in total. The van der Waals surface area contributed by atoms with Crippen molar-refractivity contribution >= 4 is 17.7 Å². The van der Waals surface area contributed by atoms with Gasteiger partial charge in [-0.2, -0.15) is 5.26 Å². The summed E-state index contributed by atoms with van der Waals surface area (Å²) in [6.07, 6.45) is 0.282. The van der Waals surface area contributed by atoms with Crippen LogP contribution in [0.2, 0.25) is 0 Å². The minimum absolute atomic E-state index is 0.166. The molecule has 0 aromatic heterocycles. The standard InChI is InChI=1S/C16H21N3O3/c1-16(2,3)22-15(21)18-9-5-8-14(20)19-13-7-4-6-12(10-13)11-17/h4,6-7,10H,5,8-9H2,1-3H3,(H,18,21)(H,19,20). The molecule has 1 aromatic carbocycles. The van der Waals surface area contributed by atoms with Crippen LogP contribution in [0.15, 0.2) is 24.3 Å². The van der Waals surface area contributed by atoms with Gasteiger partial charge in [0, 0.05) is 18.7 Å². The van der Waals surface area contributed by atoms with Gasteiger partial charge in [-0.15, -0.1) is 0 Å². The topological polar surface area (TPSA) is 91.2 Å². The molecule has 0 unspecified atom stereocenters. The van der Waals surface area contributed by atoms with Crippen molar-refractivity contribution in [2.45, 2.75) is 39.2 Å². The minimum Gasteiger partial charge on any atom is -0.444 e. The number of rotatable bonds is 5. The number of hydrogen-bond acceptors (Lipinski definition) is 4. The van der Waals surface area contributed by atoms with E-state index < -0.39 is 11.7 Å². The second-order valence-electron chi connectivity index (χ2n) is 5.77. The fourth-order valence-corrected chi connectivity index (χ4v) is 1.64. The molecular weight excluding hydrogens is 282 g/mol. The Morgan fingerprint density at radius 2 is 2.05 bits per heavy atom. The molecule has 6 heteroatoms. The van der Waals surface area contributed by atoms with Gasteiger partial charge < -0.3 is 15.4 Å². The Morgan fingerprint density at radius 1 is 1.32 bits per heavy atom. The van der Waals surface area contributed by atoms with Crippen molar-refractivity contribution < 1.29 is 14.3 Å². The highest BCUT2D eigenvalue weighted by Gasteiger charge is 2.15. The molecule has 0 saturated carbocycles. The Labute approximate surface area is 130 Å². The predicted octanol–water partition coefficient (Wildman–Crippen LogP) is 2.80. The van der Waals surface area contributed by atoms with Crippen molar-refractivity contribution in [3.05, 3.63) is 29.8 Å². The van der Waals surface area contributed by atoms with Crippen LogP contribution in [-0.4, -0.2) is 24.1 Å². The summed E-state index contributed by atoms with van der Waals surface area (Å²) >= 11 is 0. The van der Waals surface area contributed by atoms with E-state index in [0.29, 0.717) is 24.2 Å². The van der Waals surface area contributed by atoms with Crippen LogP contribution in [-0.2, 0) is 9.53 Å². The zero-order valence-corrected chi connectivity index (χ0v) is 13.1. The first-order chi connectivity index (χ1) is 10.3. The van der Waals surface area contributed by atoms with Crippen molar-refractivity contribution in [1.82, 2.24) is 5.32 Å². The fraction of sp³-hybridized carbons (Fsp3) is 0.438. The number of nitrogens with one attached hydrogen (secondary N) is 2. The summed E-state index contributed by atoms with van der Waals surface area (Å²) < 4.78 is 5.08. The summed E-state index contributed by atoms with van der Waals surface area (Å²) in [6.45, 7) is 5.72. The number of nitrogens with zero attached hydrogens (tertiary/aromatic N) is 1. The normalized spacial score (nSPS) is 10.5. The molecule has 0 heterocycles. The third kappa shape index (κ3) is 7.29. The maximum Gasteiger partial charge on any atom is 0.407 e. The lowest BCUT2D eigenvalue weighted by Crippen LogP contribution is -2.33. The van der Waals surface area contributed by atoms with Crippen LogP contribution in [0, 0.1) is 11.3 Å². The zero-order chi connectivity index (χ0) is 16.6. The van der Waals surface area contributed by atoms with Gasteiger partial charge in [-0.3, -0.25) is 4.79 Å². The number of amides is 2. The number of nitriles is 1. The van der Waals surface area contributed by atoms with Crippen LogP contribution in [0.3, 0.4) is 0 Å². The molecule has 0 saturated heterocycles. The molecule has 0 fully saturated rings. The van der Waals surface area contributed by atoms with E-state index in [0.717, 1.165) is 0 Å². The van der Waals surface area contributed by atoms with Gasteiger partial charge in [-0.1, -0.05) is 6.07 Å². The SMILES string of the molecule is CC(C)(C)OC(=O)NCCCC(=O)Nc1cccc(C#N)c1. The van der Waals surface area contributed by atoms with Gasteiger partial charge in [0.2, 0.25) is 5.91 Å². The number of carbonyl (C=O) groups is 2. The molecule has 1 rings (SSSR count). The number of hydrogen-bond donors (Lipinski definition) is 2. The highest BCUT2D eigenvalue weighted by atomic mass is 16.6. The summed E-state index contributed by atoms with van der Waals surface area (Å²) in [5, 5.41) is 14.1. The quantitative estimate of drug-likeness (QED) is 0.818. The summed E-state index contributed by atoms with van der Waals surface area (Å²) in [4.78, 5) is 23.1. The lowest BCUT2D eigenvalue weighted by molar-refractivity contribution is -0.116. The summed E-state index contributed by atoms with van der Waals surface area (Å²) in [5.74, 6) is -0.166. The van der Waals surface area contributed by atoms with Crippen molar-refractivity contribution in [3.8, 4) is 6.07 Å². The molecule has 0 atom stereocenters. The summed E-state index contributed by atoms with van der Waals surface area (Å²) in [6, 6.07) is 8.71. The summed E-state index contributed by atoms with van der Waals surface area (Å²) in [5.41, 5.74) is 0.543. The lowest BCUT2D eigenvalue weighted by Gasteiger charge is -2.19. The second-order valence-corrected chi connectivity index (χ2v) is 5.77. The Balaban J connectivity index is 2.26. The Bertz CT molecular complexity index is 571. The molecule has 0 radical (unpaired) electrons. The van der Waals surface area contributed by atoms with Crippen molar-refractivity contribution in [2.24, 2.45) is 0 Å². The Hall–Kier alpha value is -2.55. The smallest absolute Gasteiger partial charge is 0.407 e. The molecule has 118 valence electrons. The predicted molar refractivity (Wildman–Crippen MR) is 83.3 cm³/mol. The van der Waals surface area contributed by atoms with Gasteiger partial charge in [-0.25, -0.2) is 4.79 Å². The molecule has 0 aliphatic carbocycles. The number of benzene rings is 1. The van der Waals surface area contributed by atoms with Crippen molar-refractivity contribution in [2.75, 3.05) is 11.9 Å². The molecule has 22 heavy (non-hydrogen) atoms. The number of anilines is 1. The Kier molecular flexibility index (Phi) is 6.39. The van der Waals surface area contributed by atoms with Crippen molar-refractivity contribution in [1.29, 1.82) is 5.26 Å². The van der Waals surface area contributed by atoms with Gasteiger partial charge in [0.25, 0.3) is 0 Å². The molecular formula is C16H21N3O3. The first-order valence-electron chi connectivity index (χ1n) is 7.07. The third-order valence-electron chi connectivity index (χ3n) is 2.52. The minimum atomic E-state index is -0.535. The van der Waals surface area contributed by atoms with Crippen LogP contribution < -0.4 is 10.6 Å². The third-order valence-corrected chi connectivity index (χ3v) is 2.52. The first-order valence-corrected chi connectivity index (χ1v) is 7.07. The van der Waals surface area contributed by atoms with Gasteiger partial charge in [0.1, 0.15) is 5.60 Å². The van der Waals surface area contributed by atoms with E-state index in [4.69, 9.17) is 10.00 Å².